The molecule has 1 rings (SSSR count). The van der Waals surface area contributed by atoms with Crippen LogP contribution in [-0.2, 0) is 4.79 Å². The standard InChI is InChI=1S/C14H23N3O2/c1-2-8-17(10-11-18)9-7-14(19)16-13-5-3-12(15)4-6-13/h3-6,18H,2,7-11,15H2,1H3,(H,16,19). The quantitative estimate of drug-likeness (QED) is 0.619. The first-order chi connectivity index (χ1) is 9.15. The molecule has 1 aromatic rings. The van der Waals surface area contributed by atoms with E-state index in [-0.39, 0.29) is 12.5 Å². The van der Waals surface area contributed by atoms with Gasteiger partial charge in [0.05, 0.1) is 6.61 Å². The van der Waals surface area contributed by atoms with Crippen LogP contribution in [0.3, 0.4) is 0 Å². The number of nitrogen functional groups attached to an aromatic ring is 1. The summed E-state index contributed by atoms with van der Waals surface area (Å²) < 4.78 is 0. The maximum atomic E-state index is 11.8. The maximum Gasteiger partial charge on any atom is 0.225 e. The summed E-state index contributed by atoms with van der Waals surface area (Å²) in [7, 11) is 0. The zero-order chi connectivity index (χ0) is 14.1. The van der Waals surface area contributed by atoms with Gasteiger partial charge in [-0.1, -0.05) is 6.92 Å². The molecule has 1 amide bonds. The summed E-state index contributed by atoms with van der Waals surface area (Å²) in [5.74, 6) is -0.0242. The van der Waals surface area contributed by atoms with Crippen LogP contribution in [0.2, 0.25) is 0 Å². The Balaban J connectivity index is 2.35. The average molecular weight is 265 g/mol. The molecule has 106 valence electrons. The van der Waals surface area contributed by atoms with Crippen LogP contribution >= 0.6 is 0 Å². The first kappa shape index (κ1) is 15.5. The Kier molecular flexibility index (Phi) is 6.92. The third-order valence-electron chi connectivity index (χ3n) is 2.81. The third kappa shape index (κ3) is 6.22. The Hall–Kier alpha value is -1.59. The van der Waals surface area contributed by atoms with E-state index in [4.69, 9.17) is 10.8 Å². The molecule has 0 aliphatic carbocycles. The first-order valence-corrected chi connectivity index (χ1v) is 6.64. The van der Waals surface area contributed by atoms with Crippen molar-refractivity contribution in [2.45, 2.75) is 19.8 Å². The van der Waals surface area contributed by atoms with Gasteiger partial charge in [0, 0.05) is 30.9 Å². The van der Waals surface area contributed by atoms with Crippen LogP contribution in [-0.4, -0.2) is 42.2 Å². The van der Waals surface area contributed by atoms with Gasteiger partial charge in [0.25, 0.3) is 0 Å². The molecule has 5 heteroatoms. The summed E-state index contributed by atoms with van der Waals surface area (Å²) in [6.45, 7) is 4.38. The lowest BCUT2D eigenvalue weighted by Crippen LogP contribution is -2.31. The molecule has 0 saturated carbocycles. The number of benzene rings is 1. The van der Waals surface area contributed by atoms with Crippen LogP contribution in [0.15, 0.2) is 24.3 Å². The molecular weight excluding hydrogens is 242 g/mol. The zero-order valence-electron chi connectivity index (χ0n) is 11.4. The number of amides is 1. The minimum atomic E-state index is -0.0242. The second kappa shape index (κ2) is 8.50. The molecule has 0 atom stereocenters. The first-order valence-electron chi connectivity index (χ1n) is 6.64. The number of nitrogens with one attached hydrogen (secondary N) is 1. The Morgan fingerprint density at radius 2 is 1.95 bits per heavy atom. The predicted molar refractivity (Wildman–Crippen MR) is 77.9 cm³/mol. The maximum absolute atomic E-state index is 11.8. The van der Waals surface area contributed by atoms with Crippen molar-refractivity contribution in [3.05, 3.63) is 24.3 Å². The number of carbonyl (C=O) groups is 1. The SMILES string of the molecule is CCCN(CCO)CCC(=O)Nc1ccc(N)cc1. The third-order valence-corrected chi connectivity index (χ3v) is 2.81. The van der Waals surface area contributed by atoms with E-state index in [0.29, 0.717) is 25.2 Å². The van der Waals surface area contributed by atoms with Crippen molar-refractivity contribution in [3.8, 4) is 0 Å². The molecule has 0 aliphatic heterocycles. The fourth-order valence-electron chi connectivity index (χ4n) is 1.84. The van der Waals surface area contributed by atoms with Gasteiger partial charge in [-0.3, -0.25) is 4.79 Å². The Labute approximate surface area is 114 Å². The van der Waals surface area contributed by atoms with Crippen molar-refractivity contribution in [3.63, 3.8) is 0 Å². The van der Waals surface area contributed by atoms with E-state index >= 15 is 0 Å². The van der Waals surface area contributed by atoms with Crippen molar-refractivity contribution in [1.29, 1.82) is 0 Å². The predicted octanol–water partition coefficient (Wildman–Crippen LogP) is 1.30. The van der Waals surface area contributed by atoms with Gasteiger partial charge >= 0.3 is 0 Å². The Morgan fingerprint density at radius 1 is 1.26 bits per heavy atom. The van der Waals surface area contributed by atoms with Crippen molar-refractivity contribution >= 4 is 17.3 Å². The number of aliphatic hydroxyl groups is 1. The van der Waals surface area contributed by atoms with Crippen molar-refractivity contribution in [1.82, 2.24) is 4.90 Å². The molecule has 0 aliphatic rings. The van der Waals surface area contributed by atoms with Gasteiger partial charge in [-0.2, -0.15) is 0 Å². The van der Waals surface area contributed by atoms with Crippen LogP contribution in [0, 0.1) is 0 Å². The van der Waals surface area contributed by atoms with Crippen LogP contribution in [0.4, 0.5) is 11.4 Å². The zero-order valence-corrected chi connectivity index (χ0v) is 11.4. The Bertz CT molecular complexity index is 373. The van der Waals surface area contributed by atoms with Gasteiger partial charge in [0.1, 0.15) is 0 Å². The van der Waals surface area contributed by atoms with Gasteiger partial charge in [0.2, 0.25) is 5.91 Å². The average Bonchev–Trinajstić information content (AvgIpc) is 2.39. The molecule has 0 spiro atoms. The lowest BCUT2D eigenvalue weighted by molar-refractivity contribution is -0.116. The number of hydrogen-bond donors (Lipinski definition) is 3. The summed E-state index contributed by atoms with van der Waals surface area (Å²) in [6, 6.07) is 7.07. The molecular formula is C14H23N3O2. The van der Waals surface area contributed by atoms with Crippen molar-refractivity contribution in [2.24, 2.45) is 0 Å². The van der Waals surface area contributed by atoms with Crippen molar-refractivity contribution < 1.29 is 9.90 Å². The molecule has 0 fully saturated rings. The van der Waals surface area contributed by atoms with Gasteiger partial charge in [0.15, 0.2) is 0 Å². The molecule has 0 aromatic heterocycles. The Morgan fingerprint density at radius 3 is 2.53 bits per heavy atom. The highest BCUT2D eigenvalue weighted by Gasteiger charge is 2.07. The summed E-state index contributed by atoms with van der Waals surface area (Å²) in [4.78, 5) is 13.9. The molecule has 5 nitrogen and oxygen atoms in total. The lowest BCUT2D eigenvalue weighted by Gasteiger charge is -2.19. The number of rotatable bonds is 8. The fourth-order valence-corrected chi connectivity index (χ4v) is 1.84. The molecule has 0 saturated heterocycles. The van der Waals surface area contributed by atoms with E-state index in [1.807, 2.05) is 0 Å². The van der Waals surface area contributed by atoms with E-state index in [2.05, 4.69) is 17.1 Å². The van der Waals surface area contributed by atoms with Gasteiger partial charge in [-0.15, -0.1) is 0 Å². The van der Waals surface area contributed by atoms with E-state index in [1.54, 1.807) is 24.3 Å². The lowest BCUT2D eigenvalue weighted by atomic mass is 10.2. The summed E-state index contributed by atoms with van der Waals surface area (Å²) in [5.41, 5.74) is 7.01. The largest absolute Gasteiger partial charge is 0.399 e. The van der Waals surface area contributed by atoms with Gasteiger partial charge in [-0.25, -0.2) is 0 Å². The highest BCUT2D eigenvalue weighted by Crippen LogP contribution is 2.10. The smallest absolute Gasteiger partial charge is 0.225 e. The second-order valence-corrected chi connectivity index (χ2v) is 4.49. The minimum absolute atomic E-state index is 0.0242. The number of anilines is 2. The van der Waals surface area contributed by atoms with Crippen LogP contribution in [0.1, 0.15) is 19.8 Å². The molecule has 0 heterocycles. The van der Waals surface area contributed by atoms with Crippen LogP contribution < -0.4 is 11.1 Å². The topological polar surface area (TPSA) is 78.6 Å². The highest BCUT2D eigenvalue weighted by atomic mass is 16.3. The van der Waals surface area contributed by atoms with E-state index < -0.39 is 0 Å². The summed E-state index contributed by atoms with van der Waals surface area (Å²) in [6.07, 6.45) is 1.43. The number of carbonyl (C=O) groups excluding carboxylic acids is 1. The fraction of sp³-hybridized carbons (Fsp3) is 0.500. The number of nitrogens with zero attached hydrogens (tertiary/aromatic N) is 1. The molecule has 19 heavy (non-hydrogen) atoms. The van der Waals surface area contributed by atoms with Crippen molar-refractivity contribution in [2.75, 3.05) is 37.3 Å². The summed E-state index contributed by atoms with van der Waals surface area (Å²) in [5, 5.41) is 11.8. The van der Waals surface area contributed by atoms with Crippen LogP contribution in [0.25, 0.3) is 0 Å². The van der Waals surface area contributed by atoms with E-state index in [1.165, 1.54) is 0 Å². The minimum Gasteiger partial charge on any atom is -0.399 e. The summed E-state index contributed by atoms with van der Waals surface area (Å²) >= 11 is 0. The molecule has 1 aromatic carbocycles. The van der Waals surface area contributed by atoms with E-state index in [0.717, 1.165) is 18.7 Å². The molecule has 0 bridgehead atoms. The number of aliphatic hydroxyl groups excluding tert-OH is 1. The monoisotopic (exact) mass is 265 g/mol. The van der Waals surface area contributed by atoms with Gasteiger partial charge in [-0.05, 0) is 37.2 Å². The van der Waals surface area contributed by atoms with Crippen LogP contribution in [0.5, 0.6) is 0 Å². The number of hydrogen-bond acceptors (Lipinski definition) is 4. The second-order valence-electron chi connectivity index (χ2n) is 4.49. The molecule has 0 radical (unpaired) electrons. The van der Waals surface area contributed by atoms with Gasteiger partial charge < -0.3 is 21.1 Å². The molecule has 0 unspecified atom stereocenters. The normalized spacial score (nSPS) is 10.7. The van der Waals surface area contributed by atoms with E-state index in [9.17, 15) is 4.79 Å². The highest BCUT2D eigenvalue weighted by molar-refractivity contribution is 5.90. The number of nitrogens with two attached hydrogens (primary N) is 1. The molecule has 4 N–H and O–H groups in total.